The SMILES string of the molecule is CCc1cc(N2CCC(NCC3CCOC3)CC2)nc(N2CCOCC2)n1. The number of aromatic nitrogens is 2. The molecule has 0 amide bonds. The van der Waals surface area contributed by atoms with Crippen LogP contribution >= 0.6 is 0 Å². The smallest absolute Gasteiger partial charge is 0.227 e. The summed E-state index contributed by atoms with van der Waals surface area (Å²) in [5, 5.41) is 3.76. The van der Waals surface area contributed by atoms with Crippen molar-refractivity contribution in [2.75, 3.05) is 69.0 Å². The van der Waals surface area contributed by atoms with Crippen molar-refractivity contribution in [2.45, 2.75) is 38.6 Å². The van der Waals surface area contributed by atoms with Crippen LogP contribution in [0.15, 0.2) is 6.07 Å². The van der Waals surface area contributed by atoms with Gasteiger partial charge in [-0.15, -0.1) is 0 Å². The summed E-state index contributed by atoms with van der Waals surface area (Å²) in [6, 6.07) is 2.79. The van der Waals surface area contributed by atoms with Crippen LogP contribution in [0, 0.1) is 5.92 Å². The van der Waals surface area contributed by atoms with Crippen LogP contribution < -0.4 is 15.1 Å². The van der Waals surface area contributed by atoms with Gasteiger partial charge in [-0.1, -0.05) is 6.92 Å². The quantitative estimate of drug-likeness (QED) is 0.808. The lowest BCUT2D eigenvalue weighted by Crippen LogP contribution is -2.44. The van der Waals surface area contributed by atoms with E-state index in [9.17, 15) is 0 Å². The van der Waals surface area contributed by atoms with Crippen molar-refractivity contribution in [3.63, 3.8) is 0 Å². The Morgan fingerprint density at radius 2 is 1.81 bits per heavy atom. The van der Waals surface area contributed by atoms with Crippen LogP contribution in [0.25, 0.3) is 0 Å². The standard InChI is InChI=1S/C20H33N5O2/c1-2-17-13-19(23-20(22-17)25-8-11-26-12-9-25)24-6-3-18(4-7-24)21-14-16-5-10-27-15-16/h13,16,18,21H,2-12,14-15H2,1H3. The lowest BCUT2D eigenvalue weighted by Gasteiger charge is -2.34. The van der Waals surface area contributed by atoms with Crippen molar-refractivity contribution >= 4 is 11.8 Å². The lowest BCUT2D eigenvalue weighted by molar-refractivity contribution is 0.122. The number of piperidine rings is 1. The molecule has 0 bridgehead atoms. The minimum Gasteiger partial charge on any atom is -0.381 e. The molecule has 0 radical (unpaired) electrons. The molecule has 1 N–H and O–H groups in total. The lowest BCUT2D eigenvalue weighted by atomic mass is 10.0. The Morgan fingerprint density at radius 1 is 1.00 bits per heavy atom. The van der Waals surface area contributed by atoms with E-state index in [-0.39, 0.29) is 0 Å². The monoisotopic (exact) mass is 375 g/mol. The molecule has 1 aromatic rings. The van der Waals surface area contributed by atoms with E-state index in [1.54, 1.807) is 0 Å². The summed E-state index contributed by atoms with van der Waals surface area (Å²) >= 11 is 0. The van der Waals surface area contributed by atoms with E-state index < -0.39 is 0 Å². The maximum atomic E-state index is 5.48. The van der Waals surface area contributed by atoms with Gasteiger partial charge in [0.25, 0.3) is 0 Å². The third kappa shape index (κ3) is 4.89. The average Bonchev–Trinajstić information content (AvgIpc) is 3.26. The highest BCUT2D eigenvalue weighted by Gasteiger charge is 2.24. The van der Waals surface area contributed by atoms with E-state index in [1.165, 1.54) is 19.3 Å². The van der Waals surface area contributed by atoms with Crippen LogP contribution in [-0.4, -0.2) is 75.2 Å². The summed E-state index contributed by atoms with van der Waals surface area (Å²) in [6.07, 6.45) is 4.49. The summed E-state index contributed by atoms with van der Waals surface area (Å²) in [5.41, 5.74) is 1.13. The highest BCUT2D eigenvalue weighted by molar-refractivity contribution is 5.46. The molecule has 7 nitrogen and oxygen atoms in total. The number of nitrogens with zero attached hydrogens (tertiary/aromatic N) is 4. The highest BCUT2D eigenvalue weighted by Crippen LogP contribution is 2.23. The zero-order chi connectivity index (χ0) is 18.5. The maximum absolute atomic E-state index is 5.48. The Bertz CT molecular complexity index is 594. The van der Waals surface area contributed by atoms with E-state index in [0.717, 1.165) is 83.0 Å². The van der Waals surface area contributed by atoms with Crippen LogP contribution in [0.1, 0.15) is 31.9 Å². The van der Waals surface area contributed by atoms with Gasteiger partial charge in [-0.3, -0.25) is 0 Å². The molecule has 0 aromatic carbocycles. The van der Waals surface area contributed by atoms with Crippen LogP contribution in [0.4, 0.5) is 11.8 Å². The molecule has 150 valence electrons. The zero-order valence-electron chi connectivity index (χ0n) is 16.5. The van der Waals surface area contributed by atoms with Crippen molar-refractivity contribution in [2.24, 2.45) is 5.92 Å². The van der Waals surface area contributed by atoms with Gasteiger partial charge in [0.1, 0.15) is 5.82 Å². The number of nitrogens with one attached hydrogen (secondary N) is 1. The predicted molar refractivity (Wildman–Crippen MR) is 107 cm³/mol. The predicted octanol–water partition coefficient (Wildman–Crippen LogP) is 1.47. The van der Waals surface area contributed by atoms with E-state index in [1.807, 2.05) is 0 Å². The van der Waals surface area contributed by atoms with Crippen molar-refractivity contribution in [3.05, 3.63) is 11.8 Å². The van der Waals surface area contributed by atoms with E-state index in [2.05, 4.69) is 28.1 Å². The van der Waals surface area contributed by atoms with Crippen LogP contribution in [0.3, 0.4) is 0 Å². The van der Waals surface area contributed by atoms with Gasteiger partial charge in [-0.25, -0.2) is 4.98 Å². The topological polar surface area (TPSA) is 62.8 Å². The first kappa shape index (κ1) is 18.9. The van der Waals surface area contributed by atoms with Crippen LogP contribution in [0.2, 0.25) is 0 Å². The van der Waals surface area contributed by atoms with Gasteiger partial charge in [-0.2, -0.15) is 4.98 Å². The number of hydrogen-bond donors (Lipinski definition) is 1. The summed E-state index contributed by atoms with van der Waals surface area (Å²) < 4.78 is 11.0. The summed E-state index contributed by atoms with van der Waals surface area (Å²) in [6.45, 7) is 10.5. The Morgan fingerprint density at radius 3 is 2.52 bits per heavy atom. The van der Waals surface area contributed by atoms with Crippen molar-refractivity contribution in [1.82, 2.24) is 15.3 Å². The number of rotatable bonds is 6. The second kappa shape index (κ2) is 9.17. The van der Waals surface area contributed by atoms with Gasteiger partial charge in [0.2, 0.25) is 5.95 Å². The molecule has 0 aliphatic carbocycles. The third-order valence-electron chi connectivity index (χ3n) is 5.95. The second-order valence-corrected chi connectivity index (χ2v) is 7.87. The minimum atomic E-state index is 0.619. The molecular formula is C20H33N5O2. The summed E-state index contributed by atoms with van der Waals surface area (Å²) in [5.74, 6) is 2.66. The van der Waals surface area contributed by atoms with Crippen molar-refractivity contribution in [1.29, 1.82) is 0 Å². The average molecular weight is 376 g/mol. The first-order valence-corrected chi connectivity index (χ1v) is 10.6. The molecule has 0 saturated carbocycles. The van der Waals surface area contributed by atoms with Crippen LogP contribution in [0.5, 0.6) is 0 Å². The summed E-state index contributed by atoms with van der Waals surface area (Å²) in [4.78, 5) is 14.4. The molecule has 1 unspecified atom stereocenters. The molecule has 0 spiro atoms. The molecular weight excluding hydrogens is 342 g/mol. The minimum absolute atomic E-state index is 0.619. The van der Waals surface area contributed by atoms with Crippen molar-refractivity contribution in [3.8, 4) is 0 Å². The number of hydrogen-bond acceptors (Lipinski definition) is 7. The molecule has 27 heavy (non-hydrogen) atoms. The molecule has 1 aromatic heterocycles. The first-order valence-electron chi connectivity index (χ1n) is 10.6. The second-order valence-electron chi connectivity index (χ2n) is 7.87. The fourth-order valence-corrected chi connectivity index (χ4v) is 4.11. The van der Waals surface area contributed by atoms with E-state index in [0.29, 0.717) is 12.0 Å². The molecule has 3 aliphatic heterocycles. The van der Waals surface area contributed by atoms with E-state index >= 15 is 0 Å². The Balaban J connectivity index is 1.35. The van der Waals surface area contributed by atoms with Gasteiger partial charge in [0.15, 0.2) is 0 Å². The fraction of sp³-hybridized carbons (Fsp3) is 0.800. The molecule has 4 rings (SSSR count). The van der Waals surface area contributed by atoms with Crippen LogP contribution in [-0.2, 0) is 15.9 Å². The molecule has 3 saturated heterocycles. The number of ether oxygens (including phenoxy) is 2. The zero-order valence-corrected chi connectivity index (χ0v) is 16.5. The molecule has 4 heterocycles. The first-order chi connectivity index (χ1) is 13.3. The number of morpholine rings is 1. The van der Waals surface area contributed by atoms with Gasteiger partial charge < -0.3 is 24.6 Å². The normalized spacial score (nSPS) is 24.6. The van der Waals surface area contributed by atoms with Gasteiger partial charge in [0, 0.05) is 57.1 Å². The van der Waals surface area contributed by atoms with E-state index in [4.69, 9.17) is 19.4 Å². The van der Waals surface area contributed by atoms with Crippen molar-refractivity contribution < 1.29 is 9.47 Å². The maximum Gasteiger partial charge on any atom is 0.227 e. The third-order valence-corrected chi connectivity index (χ3v) is 5.95. The van der Waals surface area contributed by atoms with Gasteiger partial charge in [0.05, 0.1) is 19.8 Å². The molecule has 3 aliphatic rings. The molecule has 3 fully saturated rings. The largest absolute Gasteiger partial charge is 0.381 e. The number of anilines is 2. The molecule has 7 heteroatoms. The number of aryl methyl sites for hydroxylation is 1. The highest BCUT2D eigenvalue weighted by atomic mass is 16.5. The molecule has 1 atom stereocenters. The summed E-state index contributed by atoms with van der Waals surface area (Å²) in [7, 11) is 0. The van der Waals surface area contributed by atoms with Gasteiger partial charge in [-0.05, 0) is 31.6 Å². The Labute approximate surface area is 162 Å². The fourth-order valence-electron chi connectivity index (χ4n) is 4.11. The Kier molecular flexibility index (Phi) is 6.42. The Hall–Kier alpha value is -1.44. The van der Waals surface area contributed by atoms with Gasteiger partial charge >= 0.3 is 0 Å².